The summed E-state index contributed by atoms with van der Waals surface area (Å²) in [6.45, 7) is 3.76. The summed E-state index contributed by atoms with van der Waals surface area (Å²) in [5, 5.41) is 0. The standard InChI is InChI=1S/C15H21O4P/c1-13(15(16)12-20(17,18-2)19-3)8-7-11-14-9-5-4-6-10-14/h4-6,9-10H,1,7-8,11-12H2,2-3H3. The molecule has 0 fully saturated rings. The van der Waals surface area contributed by atoms with Crippen molar-refractivity contribution in [1.29, 1.82) is 0 Å². The summed E-state index contributed by atoms with van der Waals surface area (Å²) in [7, 11) is -0.745. The molecule has 0 aromatic heterocycles. The third-order valence-corrected chi connectivity index (χ3v) is 4.86. The highest BCUT2D eigenvalue weighted by Gasteiger charge is 2.26. The van der Waals surface area contributed by atoms with E-state index in [1.54, 1.807) is 0 Å². The number of hydrogen-bond donors (Lipinski definition) is 0. The van der Waals surface area contributed by atoms with Crippen molar-refractivity contribution in [2.75, 3.05) is 20.4 Å². The predicted octanol–water partition coefficient (Wildman–Crippen LogP) is 3.62. The van der Waals surface area contributed by atoms with E-state index in [0.717, 1.165) is 12.8 Å². The Labute approximate surface area is 120 Å². The van der Waals surface area contributed by atoms with Gasteiger partial charge in [-0.05, 0) is 30.4 Å². The summed E-state index contributed by atoms with van der Waals surface area (Å²) in [6, 6.07) is 10.0. The molecule has 0 atom stereocenters. The van der Waals surface area contributed by atoms with Crippen molar-refractivity contribution in [2.24, 2.45) is 0 Å². The minimum absolute atomic E-state index is 0.246. The molecule has 0 bridgehead atoms. The number of hydrogen-bond acceptors (Lipinski definition) is 4. The minimum Gasteiger partial charge on any atom is -0.312 e. The summed E-state index contributed by atoms with van der Waals surface area (Å²) in [4.78, 5) is 11.9. The maximum atomic E-state index is 11.9. The number of aryl methyl sites for hydroxylation is 1. The Morgan fingerprint density at radius 2 is 1.80 bits per heavy atom. The van der Waals surface area contributed by atoms with Crippen molar-refractivity contribution < 1.29 is 18.4 Å². The third-order valence-electron chi connectivity index (χ3n) is 3.07. The fourth-order valence-electron chi connectivity index (χ4n) is 1.78. The van der Waals surface area contributed by atoms with Crippen LogP contribution in [0, 0.1) is 0 Å². The molecule has 0 radical (unpaired) electrons. The zero-order valence-electron chi connectivity index (χ0n) is 12.0. The molecule has 0 amide bonds. The van der Waals surface area contributed by atoms with Gasteiger partial charge < -0.3 is 9.05 Å². The Morgan fingerprint density at radius 3 is 2.35 bits per heavy atom. The normalized spacial score (nSPS) is 11.3. The molecule has 0 aliphatic rings. The van der Waals surface area contributed by atoms with Crippen LogP contribution in [0.1, 0.15) is 18.4 Å². The molecule has 110 valence electrons. The zero-order chi connectivity index (χ0) is 15.0. The highest BCUT2D eigenvalue weighted by atomic mass is 31.2. The Balaban J connectivity index is 2.39. The van der Waals surface area contributed by atoms with E-state index in [-0.39, 0.29) is 11.9 Å². The lowest BCUT2D eigenvalue weighted by molar-refractivity contribution is -0.113. The SMILES string of the molecule is C=C(CCCc1ccccc1)C(=O)CP(=O)(OC)OC. The number of allylic oxidation sites excluding steroid dienone is 1. The molecule has 0 unspecified atom stereocenters. The minimum atomic E-state index is -3.29. The molecule has 0 heterocycles. The lowest BCUT2D eigenvalue weighted by Crippen LogP contribution is -2.10. The van der Waals surface area contributed by atoms with E-state index in [1.807, 2.05) is 18.2 Å². The molecule has 5 heteroatoms. The summed E-state index contributed by atoms with van der Waals surface area (Å²) in [5.41, 5.74) is 1.70. The van der Waals surface area contributed by atoms with Crippen LogP contribution in [-0.4, -0.2) is 26.2 Å². The number of ketones is 1. The van der Waals surface area contributed by atoms with Crippen molar-refractivity contribution in [1.82, 2.24) is 0 Å². The van der Waals surface area contributed by atoms with E-state index in [2.05, 4.69) is 18.7 Å². The largest absolute Gasteiger partial charge is 0.337 e. The van der Waals surface area contributed by atoms with E-state index in [4.69, 9.17) is 9.05 Å². The first-order valence-corrected chi connectivity index (χ1v) is 8.19. The Kier molecular flexibility index (Phi) is 6.86. The molecular formula is C15H21O4P. The second kappa shape index (κ2) is 8.15. The quantitative estimate of drug-likeness (QED) is 0.516. The molecule has 0 aliphatic carbocycles. The van der Waals surface area contributed by atoms with E-state index < -0.39 is 7.60 Å². The Morgan fingerprint density at radius 1 is 1.20 bits per heavy atom. The van der Waals surface area contributed by atoms with E-state index in [9.17, 15) is 9.36 Å². The van der Waals surface area contributed by atoms with Crippen molar-refractivity contribution in [3.8, 4) is 0 Å². The van der Waals surface area contributed by atoms with Gasteiger partial charge in [-0.25, -0.2) is 0 Å². The first-order chi connectivity index (χ1) is 9.50. The Hall–Kier alpha value is -1.22. The average Bonchev–Trinajstić information content (AvgIpc) is 2.48. The van der Waals surface area contributed by atoms with Crippen LogP contribution in [0.4, 0.5) is 0 Å². The van der Waals surface area contributed by atoms with Crippen LogP contribution in [0.5, 0.6) is 0 Å². The van der Waals surface area contributed by atoms with Crippen molar-refractivity contribution >= 4 is 13.4 Å². The summed E-state index contributed by atoms with van der Waals surface area (Å²) < 4.78 is 21.4. The van der Waals surface area contributed by atoms with E-state index in [0.29, 0.717) is 12.0 Å². The van der Waals surface area contributed by atoms with Gasteiger partial charge in [0.25, 0.3) is 0 Å². The molecule has 1 aromatic carbocycles. The molecular weight excluding hydrogens is 275 g/mol. The van der Waals surface area contributed by atoms with Gasteiger partial charge in [0.05, 0.1) is 0 Å². The average molecular weight is 296 g/mol. The Bertz CT molecular complexity index is 488. The van der Waals surface area contributed by atoms with Gasteiger partial charge in [0.2, 0.25) is 0 Å². The lowest BCUT2D eigenvalue weighted by atomic mass is 10.0. The number of rotatable bonds is 9. The van der Waals surface area contributed by atoms with Crippen LogP contribution in [0.25, 0.3) is 0 Å². The van der Waals surface area contributed by atoms with Gasteiger partial charge >= 0.3 is 7.60 Å². The molecule has 0 N–H and O–H groups in total. The predicted molar refractivity (Wildman–Crippen MR) is 80.0 cm³/mol. The molecule has 0 saturated heterocycles. The van der Waals surface area contributed by atoms with Crippen molar-refractivity contribution in [2.45, 2.75) is 19.3 Å². The monoisotopic (exact) mass is 296 g/mol. The fraction of sp³-hybridized carbons (Fsp3) is 0.400. The van der Waals surface area contributed by atoms with Crippen LogP contribution in [0.3, 0.4) is 0 Å². The molecule has 20 heavy (non-hydrogen) atoms. The van der Waals surface area contributed by atoms with Crippen LogP contribution >= 0.6 is 7.60 Å². The molecule has 0 saturated carbocycles. The van der Waals surface area contributed by atoms with E-state index in [1.165, 1.54) is 19.8 Å². The number of carbonyl (C=O) groups excluding carboxylic acids is 1. The molecule has 0 spiro atoms. The highest BCUT2D eigenvalue weighted by Crippen LogP contribution is 2.46. The highest BCUT2D eigenvalue weighted by molar-refractivity contribution is 7.54. The van der Waals surface area contributed by atoms with Crippen LogP contribution < -0.4 is 0 Å². The topological polar surface area (TPSA) is 52.6 Å². The fourth-order valence-corrected chi connectivity index (χ4v) is 2.76. The summed E-state index contributed by atoms with van der Waals surface area (Å²) in [6.07, 6.45) is 2.06. The molecule has 1 rings (SSSR count). The zero-order valence-corrected chi connectivity index (χ0v) is 12.9. The first kappa shape index (κ1) is 16.8. The lowest BCUT2D eigenvalue weighted by Gasteiger charge is -2.13. The van der Waals surface area contributed by atoms with Crippen molar-refractivity contribution in [3.05, 3.63) is 48.0 Å². The van der Waals surface area contributed by atoms with Crippen molar-refractivity contribution in [3.63, 3.8) is 0 Å². The molecule has 1 aromatic rings. The maximum absolute atomic E-state index is 11.9. The van der Waals surface area contributed by atoms with Gasteiger partial charge in [-0.2, -0.15) is 0 Å². The maximum Gasteiger partial charge on any atom is 0.337 e. The van der Waals surface area contributed by atoms with Gasteiger partial charge in [-0.1, -0.05) is 36.9 Å². The second-order valence-electron chi connectivity index (χ2n) is 4.50. The summed E-state index contributed by atoms with van der Waals surface area (Å²) in [5.74, 6) is -0.259. The molecule has 0 aliphatic heterocycles. The van der Waals surface area contributed by atoms with Gasteiger partial charge in [0.15, 0.2) is 5.78 Å². The molecule has 4 nitrogen and oxygen atoms in total. The summed E-state index contributed by atoms with van der Waals surface area (Å²) >= 11 is 0. The number of Topliss-reactive ketones (excluding diaryl/α,β-unsaturated/α-hetero) is 1. The second-order valence-corrected chi connectivity index (χ2v) is 6.77. The first-order valence-electron chi connectivity index (χ1n) is 6.46. The third kappa shape index (κ3) is 5.41. The van der Waals surface area contributed by atoms with E-state index >= 15 is 0 Å². The van der Waals surface area contributed by atoms with Crippen LogP contribution in [-0.2, 0) is 24.8 Å². The van der Waals surface area contributed by atoms with Gasteiger partial charge in [-0.15, -0.1) is 0 Å². The van der Waals surface area contributed by atoms with Crippen LogP contribution in [0.2, 0.25) is 0 Å². The van der Waals surface area contributed by atoms with Gasteiger partial charge in [0, 0.05) is 14.2 Å². The smallest absolute Gasteiger partial charge is 0.312 e. The van der Waals surface area contributed by atoms with Gasteiger partial charge in [-0.3, -0.25) is 9.36 Å². The number of carbonyl (C=O) groups is 1. The van der Waals surface area contributed by atoms with Gasteiger partial charge in [0.1, 0.15) is 6.16 Å². The number of benzene rings is 1. The van der Waals surface area contributed by atoms with Crippen LogP contribution in [0.15, 0.2) is 42.5 Å².